The number of benzene rings is 2. The number of hydrogen-bond acceptors (Lipinski definition) is 4. The lowest BCUT2D eigenvalue weighted by Gasteiger charge is -2.39. The summed E-state index contributed by atoms with van der Waals surface area (Å²) in [6, 6.07) is 15.6. The Balaban J connectivity index is 1.92. The van der Waals surface area contributed by atoms with Crippen LogP contribution < -0.4 is 10.2 Å². The van der Waals surface area contributed by atoms with E-state index in [4.69, 9.17) is 9.47 Å². The van der Waals surface area contributed by atoms with Gasteiger partial charge >= 0.3 is 5.97 Å². The molecule has 0 amide bonds. The van der Waals surface area contributed by atoms with Crippen molar-refractivity contribution in [3.63, 3.8) is 0 Å². The average molecular weight is 462 g/mol. The first-order chi connectivity index (χ1) is 16.2. The minimum atomic E-state index is -1.21. The van der Waals surface area contributed by atoms with Crippen LogP contribution >= 0.6 is 0 Å². The number of ether oxygens (including phenoxy) is 2. The van der Waals surface area contributed by atoms with Gasteiger partial charge < -0.3 is 19.1 Å². The molecule has 1 aliphatic rings. The lowest BCUT2D eigenvalue weighted by Crippen LogP contribution is -2.32. The van der Waals surface area contributed by atoms with Gasteiger partial charge in [0.15, 0.2) is 5.43 Å². The third-order valence-corrected chi connectivity index (χ3v) is 6.38. The summed E-state index contributed by atoms with van der Waals surface area (Å²) in [5, 5.41) is 9.56. The first-order valence-electron chi connectivity index (χ1n) is 11.5. The third kappa shape index (κ3) is 4.64. The number of methoxy groups -OCH3 is 1. The second-order valence-corrected chi connectivity index (χ2v) is 9.80. The van der Waals surface area contributed by atoms with Gasteiger partial charge in [0.05, 0.1) is 12.3 Å². The zero-order valence-corrected chi connectivity index (χ0v) is 20.1. The lowest BCUT2D eigenvalue weighted by atomic mass is 9.78. The molecule has 6 heteroatoms. The molecule has 0 bridgehead atoms. The van der Waals surface area contributed by atoms with Crippen molar-refractivity contribution in [3.05, 3.63) is 76.1 Å². The van der Waals surface area contributed by atoms with Crippen molar-refractivity contribution in [2.24, 2.45) is 5.41 Å². The van der Waals surface area contributed by atoms with Gasteiger partial charge in [-0.25, -0.2) is 4.79 Å². The summed E-state index contributed by atoms with van der Waals surface area (Å²) in [6.45, 7) is 7.55. The Morgan fingerprint density at radius 3 is 2.47 bits per heavy atom. The molecule has 2 heterocycles. The van der Waals surface area contributed by atoms with Crippen LogP contribution in [-0.2, 0) is 11.2 Å². The van der Waals surface area contributed by atoms with E-state index in [0.717, 1.165) is 40.1 Å². The fourth-order valence-corrected chi connectivity index (χ4v) is 4.59. The number of pyridine rings is 1. The van der Waals surface area contributed by atoms with Crippen LogP contribution in [0.5, 0.6) is 5.75 Å². The highest BCUT2D eigenvalue weighted by molar-refractivity contribution is 5.88. The standard InChI is InChI=1S/C28H31NO5/c1-28(2,3)26-14-19-13-25(34-12-8-11-33-4)21(18-9-6-5-7-10-18)15-20(19)23-16-24(30)22(27(31)32)17-29(23)26/h5-7,9-10,13,15-17,26H,8,11-12,14H2,1-4H3,(H,31,32). The minimum absolute atomic E-state index is 0.0161. The molecule has 0 spiro atoms. The molecule has 1 aromatic heterocycles. The molecular formula is C28H31NO5. The fourth-order valence-electron chi connectivity index (χ4n) is 4.59. The molecule has 0 saturated heterocycles. The summed E-state index contributed by atoms with van der Waals surface area (Å²) in [5.41, 5.74) is 3.85. The largest absolute Gasteiger partial charge is 0.493 e. The molecule has 1 N–H and O–H groups in total. The number of rotatable bonds is 7. The monoisotopic (exact) mass is 461 g/mol. The van der Waals surface area contributed by atoms with Gasteiger partial charge in [-0.05, 0) is 35.1 Å². The van der Waals surface area contributed by atoms with Gasteiger partial charge in [0, 0.05) is 49.6 Å². The quantitative estimate of drug-likeness (QED) is 0.474. The summed E-state index contributed by atoms with van der Waals surface area (Å²) in [5.74, 6) is -0.407. The molecule has 178 valence electrons. The Kier molecular flexibility index (Phi) is 6.62. The van der Waals surface area contributed by atoms with Gasteiger partial charge in [-0.15, -0.1) is 0 Å². The number of carboxylic acid groups (broad SMARTS) is 1. The lowest BCUT2D eigenvalue weighted by molar-refractivity contribution is 0.0693. The predicted octanol–water partition coefficient (Wildman–Crippen LogP) is 5.44. The van der Waals surface area contributed by atoms with Crippen molar-refractivity contribution in [3.8, 4) is 28.1 Å². The van der Waals surface area contributed by atoms with Crippen molar-refractivity contribution in [1.29, 1.82) is 0 Å². The van der Waals surface area contributed by atoms with Crippen molar-refractivity contribution >= 4 is 5.97 Å². The van der Waals surface area contributed by atoms with Crippen molar-refractivity contribution in [2.45, 2.75) is 39.7 Å². The van der Waals surface area contributed by atoms with Crippen LogP contribution in [0.15, 0.2) is 59.5 Å². The Morgan fingerprint density at radius 1 is 1.09 bits per heavy atom. The highest BCUT2D eigenvalue weighted by Gasteiger charge is 2.34. The zero-order chi connectivity index (χ0) is 24.5. The normalized spacial score (nSPS) is 14.9. The maximum atomic E-state index is 12.7. The summed E-state index contributed by atoms with van der Waals surface area (Å²) >= 11 is 0. The van der Waals surface area contributed by atoms with Gasteiger partial charge in [-0.2, -0.15) is 0 Å². The number of nitrogens with zero attached hydrogens (tertiary/aromatic N) is 1. The Bertz CT molecular complexity index is 1250. The van der Waals surface area contributed by atoms with E-state index < -0.39 is 11.4 Å². The van der Waals surface area contributed by atoms with E-state index >= 15 is 0 Å². The van der Waals surface area contributed by atoms with E-state index in [1.807, 2.05) is 34.9 Å². The molecule has 1 aliphatic heterocycles. The number of fused-ring (bicyclic) bond motifs is 3. The molecule has 3 aromatic rings. The molecule has 0 radical (unpaired) electrons. The summed E-state index contributed by atoms with van der Waals surface area (Å²) in [7, 11) is 1.68. The number of aromatic carboxylic acids is 1. The first-order valence-corrected chi connectivity index (χ1v) is 11.5. The van der Waals surface area contributed by atoms with Gasteiger partial charge in [0.1, 0.15) is 11.3 Å². The summed E-state index contributed by atoms with van der Waals surface area (Å²) in [4.78, 5) is 24.4. The molecule has 0 saturated carbocycles. The highest BCUT2D eigenvalue weighted by atomic mass is 16.5. The van der Waals surface area contributed by atoms with Crippen LogP contribution in [0.4, 0.5) is 0 Å². The zero-order valence-electron chi connectivity index (χ0n) is 20.1. The van der Waals surface area contributed by atoms with Crippen molar-refractivity contribution < 1.29 is 19.4 Å². The van der Waals surface area contributed by atoms with Crippen LogP contribution in [0.2, 0.25) is 0 Å². The molecular weight excluding hydrogens is 430 g/mol. The number of aromatic nitrogens is 1. The van der Waals surface area contributed by atoms with Crippen LogP contribution in [0, 0.1) is 5.41 Å². The topological polar surface area (TPSA) is 77.8 Å². The second-order valence-electron chi connectivity index (χ2n) is 9.80. The summed E-state index contributed by atoms with van der Waals surface area (Å²) < 4.78 is 13.3. The second kappa shape index (κ2) is 9.47. The minimum Gasteiger partial charge on any atom is -0.493 e. The van der Waals surface area contributed by atoms with Gasteiger partial charge in [0.25, 0.3) is 0 Å². The molecule has 4 rings (SSSR count). The molecule has 1 unspecified atom stereocenters. The van der Waals surface area contributed by atoms with Crippen molar-refractivity contribution in [1.82, 2.24) is 4.57 Å². The van der Waals surface area contributed by atoms with Crippen LogP contribution in [0.25, 0.3) is 22.4 Å². The van der Waals surface area contributed by atoms with E-state index in [9.17, 15) is 14.7 Å². The van der Waals surface area contributed by atoms with E-state index in [2.05, 4.69) is 32.9 Å². The number of hydrogen-bond donors (Lipinski definition) is 1. The van der Waals surface area contributed by atoms with Crippen molar-refractivity contribution in [2.75, 3.05) is 20.3 Å². The Morgan fingerprint density at radius 2 is 1.82 bits per heavy atom. The third-order valence-electron chi connectivity index (χ3n) is 6.38. The molecule has 1 atom stereocenters. The van der Waals surface area contributed by atoms with Gasteiger partial charge in [0.2, 0.25) is 0 Å². The number of carboxylic acids is 1. The molecule has 6 nitrogen and oxygen atoms in total. The smallest absolute Gasteiger partial charge is 0.341 e. The van der Waals surface area contributed by atoms with E-state index in [-0.39, 0.29) is 17.0 Å². The van der Waals surface area contributed by atoms with Gasteiger partial charge in [-0.3, -0.25) is 4.79 Å². The van der Waals surface area contributed by atoms with Crippen LogP contribution in [0.1, 0.15) is 49.2 Å². The van der Waals surface area contributed by atoms with Crippen LogP contribution in [-0.4, -0.2) is 36.0 Å². The fraction of sp³-hybridized carbons (Fsp3) is 0.357. The van der Waals surface area contributed by atoms with E-state index in [0.29, 0.717) is 19.6 Å². The van der Waals surface area contributed by atoms with E-state index in [1.54, 1.807) is 7.11 Å². The molecule has 0 aliphatic carbocycles. The maximum Gasteiger partial charge on any atom is 0.341 e. The predicted molar refractivity (Wildman–Crippen MR) is 133 cm³/mol. The highest BCUT2D eigenvalue weighted by Crippen LogP contribution is 2.45. The Hall–Kier alpha value is -3.38. The molecule has 34 heavy (non-hydrogen) atoms. The molecule has 2 aromatic carbocycles. The molecule has 0 fully saturated rings. The maximum absolute atomic E-state index is 12.7. The Labute approximate surface area is 199 Å². The SMILES string of the molecule is COCCCOc1cc2c(cc1-c1ccccc1)-c1cc(=O)c(C(=O)O)cn1C(C(C)(C)C)C2. The van der Waals surface area contributed by atoms with E-state index in [1.165, 1.54) is 12.3 Å². The van der Waals surface area contributed by atoms with Gasteiger partial charge in [-0.1, -0.05) is 51.1 Å². The summed E-state index contributed by atoms with van der Waals surface area (Å²) in [6.07, 6.45) is 3.00. The number of carbonyl (C=O) groups is 1. The average Bonchev–Trinajstić information content (AvgIpc) is 2.80. The van der Waals surface area contributed by atoms with Crippen LogP contribution in [0.3, 0.4) is 0 Å². The first kappa shape index (κ1) is 23.8.